The van der Waals surface area contributed by atoms with Crippen molar-refractivity contribution in [2.45, 2.75) is 39.2 Å². The molecule has 2 fully saturated rings. The van der Waals surface area contributed by atoms with Gasteiger partial charge in [-0.2, -0.15) is 5.26 Å². The Balaban J connectivity index is 1.48. The Bertz CT molecular complexity index is 662. The summed E-state index contributed by atoms with van der Waals surface area (Å²) in [6.07, 6.45) is 5.30. The van der Waals surface area contributed by atoms with Crippen molar-refractivity contribution in [1.82, 2.24) is 15.2 Å². The summed E-state index contributed by atoms with van der Waals surface area (Å²) >= 11 is 0. The number of nitriles is 1. The molecule has 3 rings (SSSR count). The van der Waals surface area contributed by atoms with Crippen molar-refractivity contribution in [2.75, 3.05) is 37.6 Å². The fourth-order valence-corrected chi connectivity index (χ4v) is 4.10. The summed E-state index contributed by atoms with van der Waals surface area (Å²) in [5.74, 6) is 2.13. The van der Waals surface area contributed by atoms with Crippen LogP contribution >= 0.6 is 0 Å². The number of aromatic nitrogens is 1. The summed E-state index contributed by atoms with van der Waals surface area (Å²) in [6, 6.07) is 6.11. The molecule has 26 heavy (non-hydrogen) atoms. The number of amides is 1. The highest BCUT2D eigenvalue weighted by Crippen LogP contribution is 2.29. The van der Waals surface area contributed by atoms with Crippen molar-refractivity contribution in [1.29, 1.82) is 5.26 Å². The van der Waals surface area contributed by atoms with E-state index >= 15 is 0 Å². The van der Waals surface area contributed by atoms with E-state index in [2.05, 4.69) is 40.0 Å². The van der Waals surface area contributed by atoms with Crippen LogP contribution in [0.1, 0.15) is 38.7 Å². The molecule has 3 atom stereocenters. The molecule has 0 bridgehead atoms. The zero-order valence-electron chi connectivity index (χ0n) is 15.8. The van der Waals surface area contributed by atoms with E-state index in [0.29, 0.717) is 30.0 Å². The Hall–Kier alpha value is -2.13. The van der Waals surface area contributed by atoms with Gasteiger partial charge in [0.15, 0.2) is 0 Å². The third-order valence-electron chi connectivity index (χ3n) is 6.00. The van der Waals surface area contributed by atoms with E-state index in [0.717, 1.165) is 38.4 Å². The summed E-state index contributed by atoms with van der Waals surface area (Å²) in [7, 11) is 0. The molecule has 1 saturated carbocycles. The number of nitrogens with one attached hydrogen (secondary N) is 1. The molecule has 0 spiro atoms. The summed E-state index contributed by atoms with van der Waals surface area (Å²) in [6.45, 7) is 8.20. The molecule has 1 aliphatic carbocycles. The van der Waals surface area contributed by atoms with Crippen molar-refractivity contribution >= 4 is 11.7 Å². The first kappa shape index (κ1) is 18.7. The molecular formula is C20H29N5O. The van der Waals surface area contributed by atoms with Crippen molar-refractivity contribution in [2.24, 2.45) is 11.8 Å². The minimum absolute atomic E-state index is 0.139. The Morgan fingerprint density at radius 1 is 1.31 bits per heavy atom. The van der Waals surface area contributed by atoms with Crippen LogP contribution in [0.4, 0.5) is 5.82 Å². The van der Waals surface area contributed by atoms with Crippen LogP contribution < -0.4 is 10.2 Å². The van der Waals surface area contributed by atoms with Crippen LogP contribution in [0.5, 0.6) is 0 Å². The zero-order valence-corrected chi connectivity index (χ0v) is 15.8. The zero-order chi connectivity index (χ0) is 18.5. The minimum Gasteiger partial charge on any atom is -0.353 e. The predicted molar refractivity (Wildman–Crippen MR) is 102 cm³/mol. The van der Waals surface area contributed by atoms with Gasteiger partial charge in [-0.05, 0) is 30.4 Å². The quantitative estimate of drug-likeness (QED) is 0.894. The number of carbonyl (C=O) groups is 1. The normalized spacial score (nSPS) is 27.0. The standard InChI is InChI=1S/C20H29N5O/c1-15-5-3-7-18(16(15)2)23-19(26)14-24-9-11-25(12-10-24)20-17(13-21)6-4-8-22-20/h4,6,8,15-16,18H,3,5,7,9-12,14H2,1-2H3,(H,23,26). The number of nitrogens with zero attached hydrogens (tertiary/aromatic N) is 4. The minimum atomic E-state index is 0.139. The van der Waals surface area contributed by atoms with Gasteiger partial charge in [0.05, 0.1) is 12.1 Å². The first-order chi connectivity index (χ1) is 12.6. The van der Waals surface area contributed by atoms with Crippen LogP contribution in [-0.2, 0) is 4.79 Å². The topological polar surface area (TPSA) is 72.3 Å². The molecule has 2 aliphatic rings. The lowest BCUT2D eigenvalue weighted by Gasteiger charge is -2.37. The number of piperazine rings is 1. The maximum Gasteiger partial charge on any atom is 0.234 e. The van der Waals surface area contributed by atoms with Gasteiger partial charge in [-0.25, -0.2) is 4.98 Å². The number of rotatable bonds is 4. The fraction of sp³-hybridized carbons (Fsp3) is 0.650. The Labute approximate surface area is 156 Å². The van der Waals surface area contributed by atoms with Gasteiger partial charge in [0.2, 0.25) is 5.91 Å². The number of anilines is 1. The van der Waals surface area contributed by atoms with Gasteiger partial charge >= 0.3 is 0 Å². The maximum absolute atomic E-state index is 12.5. The largest absolute Gasteiger partial charge is 0.353 e. The van der Waals surface area contributed by atoms with Gasteiger partial charge in [0.25, 0.3) is 0 Å². The highest BCUT2D eigenvalue weighted by molar-refractivity contribution is 5.78. The molecule has 3 unspecified atom stereocenters. The predicted octanol–water partition coefficient (Wildman–Crippen LogP) is 2.02. The summed E-state index contributed by atoms with van der Waals surface area (Å²) in [5.41, 5.74) is 0.610. The summed E-state index contributed by atoms with van der Waals surface area (Å²) in [4.78, 5) is 21.1. The van der Waals surface area contributed by atoms with Crippen molar-refractivity contribution < 1.29 is 4.79 Å². The van der Waals surface area contributed by atoms with Gasteiger partial charge in [0, 0.05) is 38.4 Å². The second-order valence-corrected chi connectivity index (χ2v) is 7.69. The Morgan fingerprint density at radius 3 is 2.81 bits per heavy atom. The number of hydrogen-bond donors (Lipinski definition) is 1. The highest BCUT2D eigenvalue weighted by Gasteiger charge is 2.29. The van der Waals surface area contributed by atoms with Gasteiger partial charge in [0.1, 0.15) is 11.9 Å². The number of hydrogen-bond acceptors (Lipinski definition) is 5. The van der Waals surface area contributed by atoms with Crippen LogP contribution in [-0.4, -0.2) is 54.6 Å². The third kappa shape index (κ3) is 4.34. The van der Waals surface area contributed by atoms with Crippen LogP contribution in [0.2, 0.25) is 0 Å². The lowest BCUT2D eigenvalue weighted by molar-refractivity contribution is -0.123. The highest BCUT2D eigenvalue weighted by atomic mass is 16.2. The molecule has 1 amide bonds. The molecule has 1 aromatic rings. The summed E-state index contributed by atoms with van der Waals surface area (Å²) < 4.78 is 0. The molecule has 1 N–H and O–H groups in total. The molecule has 0 aromatic carbocycles. The van der Waals surface area contributed by atoms with Gasteiger partial charge in [-0.3, -0.25) is 9.69 Å². The van der Waals surface area contributed by atoms with E-state index in [4.69, 9.17) is 0 Å². The number of carbonyl (C=O) groups excluding carboxylic acids is 1. The fourth-order valence-electron chi connectivity index (χ4n) is 4.10. The van der Waals surface area contributed by atoms with E-state index in [1.165, 1.54) is 12.8 Å². The Morgan fingerprint density at radius 2 is 2.08 bits per heavy atom. The molecule has 1 aromatic heterocycles. The summed E-state index contributed by atoms with van der Waals surface area (Å²) in [5, 5.41) is 12.5. The van der Waals surface area contributed by atoms with Crippen LogP contribution in [0.25, 0.3) is 0 Å². The second-order valence-electron chi connectivity index (χ2n) is 7.69. The second kappa shape index (κ2) is 8.50. The van der Waals surface area contributed by atoms with E-state index in [1.807, 2.05) is 0 Å². The van der Waals surface area contributed by atoms with Gasteiger partial charge in [-0.15, -0.1) is 0 Å². The molecular weight excluding hydrogens is 326 g/mol. The average Bonchev–Trinajstić information content (AvgIpc) is 2.66. The van der Waals surface area contributed by atoms with Gasteiger partial charge < -0.3 is 10.2 Å². The van der Waals surface area contributed by atoms with Crippen molar-refractivity contribution in [3.63, 3.8) is 0 Å². The monoisotopic (exact) mass is 355 g/mol. The molecule has 0 radical (unpaired) electrons. The van der Waals surface area contributed by atoms with Crippen molar-refractivity contribution in [3.05, 3.63) is 23.9 Å². The van der Waals surface area contributed by atoms with Crippen LogP contribution in [0.15, 0.2) is 18.3 Å². The van der Waals surface area contributed by atoms with E-state index in [-0.39, 0.29) is 5.91 Å². The van der Waals surface area contributed by atoms with Crippen LogP contribution in [0, 0.1) is 23.2 Å². The number of pyridine rings is 1. The van der Waals surface area contributed by atoms with Crippen LogP contribution in [0.3, 0.4) is 0 Å². The van der Waals surface area contributed by atoms with E-state index < -0.39 is 0 Å². The third-order valence-corrected chi connectivity index (χ3v) is 6.00. The first-order valence-electron chi connectivity index (χ1n) is 9.70. The SMILES string of the molecule is CC1CCCC(NC(=O)CN2CCN(c3ncccc3C#N)CC2)C1C. The first-order valence-corrected chi connectivity index (χ1v) is 9.70. The molecule has 2 heterocycles. The lowest BCUT2D eigenvalue weighted by Crippen LogP contribution is -2.52. The molecule has 1 aliphatic heterocycles. The van der Waals surface area contributed by atoms with Gasteiger partial charge in [-0.1, -0.05) is 26.7 Å². The lowest BCUT2D eigenvalue weighted by atomic mass is 9.78. The molecule has 1 saturated heterocycles. The Kier molecular flexibility index (Phi) is 6.10. The maximum atomic E-state index is 12.5. The molecule has 6 nitrogen and oxygen atoms in total. The molecule has 6 heteroatoms. The smallest absolute Gasteiger partial charge is 0.234 e. The molecule has 140 valence electrons. The van der Waals surface area contributed by atoms with Crippen molar-refractivity contribution in [3.8, 4) is 6.07 Å². The van der Waals surface area contributed by atoms with E-state index in [1.54, 1.807) is 18.3 Å². The average molecular weight is 355 g/mol. The van der Waals surface area contributed by atoms with E-state index in [9.17, 15) is 10.1 Å².